The van der Waals surface area contributed by atoms with Crippen molar-refractivity contribution in [3.05, 3.63) is 0 Å². The van der Waals surface area contributed by atoms with Crippen molar-refractivity contribution in [3.8, 4) is 0 Å². The lowest BCUT2D eigenvalue weighted by atomic mass is 9.97. The fourth-order valence-electron chi connectivity index (χ4n) is 2.54. The predicted octanol–water partition coefficient (Wildman–Crippen LogP) is 3.88. The second-order valence-electron chi connectivity index (χ2n) is 5.16. The van der Waals surface area contributed by atoms with Gasteiger partial charge in [-0.05, 0) is 32.1 Å². The SMILES string of the molecule is CCCCCC[C@H]1C[C@@H](Cl)C[C@@H](CCCO)O1. The number of ether oxygens (including phenoxy) is 1. The number of aliphatic hydroxyl groups excluding tert-OH is 1. The molecule has 0 unspecified atom stereocenters. The van der Waals surface area contributed by atoms with Crippen LogP contribution < -0.4 is 0 Å². The van der Waals surface area contributed by atoms with Gasteiger partial charge >= 0.3 is 0 Å². The van der Waals surface area contributed by atoms with Crippen LogP contribution in [0.15, 0.2) is 0 Å². The summed E-state index contributed by atoms with van der Waals surface area (Å²) in [6.45, 7) is 2.49. The fourth-order valence-corrected chi connectivity index (χ4v) is 2.94. The summed E-state index contributed by atoms with van der Waals surface area (Å²) in [4.78, 5) is 0. The summed E-state index contributed by atoms with van der Waals surface area (Å²) in [5.41, 5.74) is 0. The van der Waals surface area contributed by atoms with Gasteiger partial charge in [-0.1, -0.05) is 32.6 Å². The molecular formula is C14H27ClO2. The molecule has 1 aliphatic heterocycles. The molecule has 0 saturated carbocycles. The molecule has 1 rings (SSSR count). The van der Waals surface area contributed by atoms with Gasteiger partial charge in [0.25, 0.3) is 0 Å². The van der Waals surface area contributed by atoms with Crippen LogP contribution in [0.1, 0.15) is 64.7 Å². The normalized spacial score (nSPS) is 29.5. The Morgan fingerprint density at radius 3 is 2.29 bits per heavy atom. The Bertz CT molecular complexity index is 187. The number of alkyl halides is 1. The molecule has 0 aromatic carbocycles. The Balaban J connectivity index is 2.19. The first-order valence-electron chi connectivity index (χ1n) is 7.16. The Labute approximate surface area is 111 Å². The number of rotatable bonds is 8. The predicted molar refractivity (Wildman–Crippen MR) is 72.6 cm³/mol. The van der Waals surface area contributed by atoms with Crippen LogP contribution in [-0.2, 0) is 4.74 Å². The Morgan fingerprint density at radius 2 is 1.71 bits per heavy atom. The highest BCUT2D eigenvalue weighted by atomic mass is 35.5. The molecule has 2 nitrogen and oxygen atoms in total. The Morgan fingerprint density at radius 1 is 1.06 bits per heavy atom. The largest absolute Gasteiger partial charge is 0.396 e. The number of hydrogen-bond acceptors (Lipinski definition) is 2. The fraction of sp³-hybridized carbons (Fsp3) is 1.00. The minimum absolute atomic E-state index is 0.258. The third-order valence-corrected chi connectivity index (χ3v) is 3.84. The molecule has 0 aromatic heterocycles. The molecule has 1 saturated heterocycles. The number of halogens is 1. The van der Waals surface area contributed by atoms with Gasteiger partial charge in [0.2, 0.25) is 0 Å². The van der Waals surface area contributed by atoms with E-state index >= 15 is 0 Å². The highest BCUT2D eigenvalue weighted by molar-refractivity contribution is 6.20. The van der Waals surface area contributed by atoms with Gasteiger partial charge in [0, 0.05) is 12.0 Å². The smallest absolute Gasteiger partial charge is 0.0593 e. The van der Waals surface area contributed by atoms with Gasteiger partial charge in [0.05, 0.1) is 12.2 Å². The van der Waals surface area contributed by atoms with Crippen LogP contribution in [0, 0.1) is 0 Å². The summed E-state index contributed by atoms with van der Waals surface area (Å²) in [7, 11) is 0. The van der Waals surface area contributed by atoms with E-state index in [-0.39, 0.29) is 18.1 Å². The number of hydrogen-bond donors (Lipinski definition) is 1. The van der Waals surface area contributed by atoms with E-state index < -0.39 is 0 Å². The van der Waals surface area contributed by atoms with Crippen molar-refractivity contribution in [2.75, 3.05) is 6.61 Å². The first-order valence-corrected chi connectivity index (χ1v) is 7.60. The van der Waals surface area contributed by atoms with Gasteiger partial charge in [-0.3, -0.25) is 0 Å². The van der Waals surface area contributed by atoms with E-state index in [4.69, 9.17) is 21.4 Å². The molecule has 1 aliphatic rings. The molecule has 3 heteroatoms. The van der Waals surface area contributed by atoms with Gasteiger partial charge in [-0.2, -0.15) is 0 Å². The quantitative estimate of drug-likeness (QED) is 0.531. The molecule has 1 N–H and O–H groups in total. The number of aliphatic hydroxyl groups is 1. The van der Waals surface area contributed by atoms with E-state index in [1.54, 1.807) is 0 Å². The standard InChI is InChI=1S/C14H27ClO2/c1-2-3-4-5-7-13-10-12(15)11-14(17-13)8-6-9-16/h12-14,16H,2-11H2,1H3/t12-,13+,14-/m1/s1. The molecule has 17 heavy (non-hydrogen) atoms. The lowest BCUT2D eigenvalue weighted by molar-refractivity contribution is -0.0572. The van der Waals surface area contributed by atoms with E-state index in [0.717, 1.165) is 32.1 Å². The van der Waals surface area contributed by atoms with Crippen molar-refractivity contribution in [1.29, 1.82) is 0 Å². The van der Waals surface area contributed by atoms with Crippen molar-refractivity contribution < 1.29 is 9.84 Å². The van der Waals surface area contributed by atoms with Gasteiger partial charge in [-0.25, -0.2) is 0 Å². The van der Waals surface area contributed by atoms with Crippen LogP contribution in [0.25, 0.3) is 0 Å². The maximum Gasteiger partial charge on any atom is 0.0593 e. The van der Waals surface area contributed by atoms with E-state index in [2.05, 4.69) is 6.92 Å². The van der Waals surface area contributed by atoms with E-state index in [1.165, 1.54) is 25.7 Å². The lowest BCUT2D eigenvalue weighted by Gasteiger charge is -2.33. The van der Waals surface area contributed by atoms with Crippen molar-refractivity contribution >= 4 is 11.6 Å². The summed E-state index contributed by atoms with van der Waals surface area (Å²) in [5, 5.41) is 9.11. The summed E-state index contributed by atoms with van der Waals surface area (Å²) in [6.07, 6.45) is 10.7. The summed E-state index contributed by atoms with van der Waals surface area (Å²) < 4.78 is 6.04. The Kier molecular flexibility index (Phi) is 8.25. The van der Waals surface area contributed by atoms with Gasteiger partial charge in [-0.15, -0.1) is 11.6 Å². The van der Waals surface area contributed by atoms with E-state index in [1.807, 2.05) is 0 Å². The molecule has 0 amide bonds. The van der Waals surface area contributed by atoms with Crippen LogP contribution >= 0.6 is 11.6 Å². The molecule has 3 atom stereocenters. The monoisotopic (exact) mass is 262 g/mol. The maximum absolute atomic E-state index is 8.84. The summed E-state index contributed by atoms with van der Waals surface area (Å²) in [6, 6.07) is 0. The molecule has 0 bridgehead atoms. The minimum Gasteiger partial charge on any atom is -0.396 e. The van der Waals surface area contributed by atoms with Crippen LogP contribution in [0.4, 0.5) is 0 Å². The van der Waals surface area contributed by atoms with Gasteiger partial charge < -0.3 is 9.84 Å². The molecule has 102 valence electrons. The van der Waals surface area contributed by atoms with E-state index in [0.29, 0.717) is 6.10 Å². The highest BCUT2D eigenvalue weighted by Crippen LogP contribution is 2.28. The van der Waals surface area contributed by atoms with Crippen LogP contribution in [-0.4, -0.2) is 29.3 Å². The maximum atomic E-state index is 8.84. The summed E-state index contributed by atoms with van der Waals surface area (Å²) >= 11 is 6.28. The third kappa shape index (κ3) is 6.64. The highest BCUT2D eigenvalue weighted by Gasteiger charge is 2.27. The molecule has 0 aromatic rings. The second-order valence-corrected chi connectivity index (χ2v) is 5.78. The zero-order valence-electron chi connectivity index (χ0n) is 11.0. The molecule has 0 aliphatic carbocycles. The van der Waals surface area contributed by atoms with E-state index in [9.17, 15) is 0 Å². The molecule has 1 heterocycles. The van der Waals surface area contributed by atoms with Crippen LogP contribution in [0.2, 0.25) is 0 Å². The van der Waals surface area contributed by atoms with Crippen LogP contribution in [0.5, 0.6) is 0 Å². The number of unbranched alkanes of at least 4 members (excludes halogenated alkanes) is 3. The topological polar surface area (TPSA) is 29.5 Å². The first-order chi connectivity index (χ1) is 8.26. The van der Waals surface area contributed by atoms with Crippen molar-refractivity contribution in [3.63, 3.8) is 0 Å². The van der Waals surface area contributed by atoms with Crippen molar-refractivity contribution in [2.24, 2.45) is 0 Å². The first kappa shape index (κ1) is 15.3. The zero-order valence-corrected chi connectivity index (χ0v) is 11.8. The molecule has 0 spiro atoms. The molecular weight excluding hydrogens is 236 g/mol. The molecule has 1 fully saturated rings. The zero-order chi connectivity index (χ0) is 12.5. The second kappa shape index (κ2) is 9.18. The third-order valence-electron chi connectivity index (χ3n) is 3.49. The average Bonchev–Trinajstić information content (AvgIpc) is 2.31. The Hall–Kier alpha value is 0.210. The van der Waals surface area contributed by atoms with Crippen LogP contribution in [0.3, 0.4) is 0 Å². The van der Waals surface area contributed by atoms with Gasteiger partial charge in [0.1, 0.15) is 0 Å². The van der Waals surface area contributed by atoms with Crippen molar-refractivity contribution in [2.45, 2.75) is 82.3 Å². The van der Waals surface area contributed by atoms with Gasteiger partial charge in [0.15, 0.2) is 0 Å². The molecule has 0 radical (unpaired) electrons. The minimum atomic E-state index is 0.258. The lowest BCUT2D eigenvalue weighted by Crippen LogP contribution is -2.33. The van der Waals surface area contributed by atoms with Crippen molar-refractivity contribution in [1.82, 2.24) is 0 Å². The summed E-state index contributed by atoms with van der Waals surface area (Å²) in [5.74, 6) is 0. The average molecular weight is 263 g/mol.